The highest BCUT2D eigenvalue weighted by molar-refractivity contribution is 9.10. The van der Waals surface area contributed by atoms with Gasteiger partial charge >= 0.3 is 0 Å². The van der Waals surface area contributed by atoms with Crippen molar-refractivity contribution in [2.24, 2.45) is 5.84 Å². The monoisotopic (exact) mass is 342 g/mol. The summed E-state index contributed by atoms with van der Waals surface area (Å²) in [6.07, 6.45) is 2.69. The van der Waals surface area contributed by atoms with Crippen molar-refractivity contribution in [2.75, 3.05) is 49.7 Å². The highest BCUT2D eigenvalue weighted by Gasteiger charge is 2.30. The number of nitrogens with two attached hydrogens (primary N) is 1. The van der Waals surface area contributed by atoms with Crippen LogP contribution in [0.3, 0.4) is 0 Å². The molecule has 2 saturated heterocycles. The Morgan fingerprint density at radius 2 is 2.10 bits per heavy atom. The molecule has 0 spiro atoms. The zero-order chi connectivity index (χ0) is 13.9. The second kappa shape index (κ2) is 6.21. The van der Waals surface area contributed by atoms with Gasteiger partial charge in [0.1, 0.15) is 16.6 Å². The van der Waals surface area contributed by atoms with Crippen molar-refractivity contribution in [2.45, 2.75) is 12.5 Å². The van der Waals surface area contributed by atoms with Gasteiger partial charge < -0.3 is 15.1 Å². The van der Waals surface area contributed by atoms with Gasteiger partial charge in [0.25, 0.3) is 0 Å². The van der Waals surface area contributed by atoms with Crippen LogP contribution in [-0.4, -0.2) is 60.3 Å². The summed E-state index contributed by atoms with van der Waals surface area (Å²) in [5.74, 6) is 6.97. The predicted octanol–water partition coefficient (Wildman–Crippen LogP) is 0.436. The number of rotatable bonds is 3. The minimum Gasteiger partial charge on any atom is -0.379 e. The van der Waals surface area contributed by atoms with E-state index < -0.39 is 0 Å². The summed E-state index contributed by atoms with van der Waals surface area (Å²) < 4.78 is 6.24. The molecule has 0 saturated carbocycles. The molecule has 0 amide bonds. The van der Waals surface area contributed by atoms with Crippen LogP contribution < -0.4 is 16.2 Å². The molecule has 0 aliphatic carbocycles. The first kappa shape index (κ1) is 14.0. The van der Waals surface area contributed by atoms with Crippen LogP contribution >= 0.6 is 15.9 Å². The third-order valence-corrected chi connectivity index (χ3v) is 4.66. The summed E-state index contributed by atoms with van der Waals surface area (Å²) >= 11 is 3.52. The van der Waals surface area contributed by atoms with Crippen molar-refractivity contribution in [1.29, 1.82) is 0 Å². The third kappa shape index (κ3) is 2.73. The van der Waals surface area contributed by atoms with Crippen molar-refractivity contribution in [3.05, 3.63) is 10.8 Å². The summed E-state index contributed by atoms with van der Waals surface area (Å²) in [6.45, 7) is 5.73. The Hall–Kier alpha value is -0.960. The van der Waals surface area contributed by atoms with E-state index in [0.717, 1.165) is 56.1 Å². The predicted molar refractivity (Wildman–Crippen MR) is 80.6 cm³/mol. The van der Waals surface area contributed by atoms with Crippen LogP contribution in [-0.2, 0) is 4.74 Å². The number of ether oxygens (including phenoxy) is 1. The fraction of sp³-hybridized carbons (Fsp3) is 0.667. The largest absolute Gasteiger partial charge is 0.379 e. The van der Waals surface area contributed by atoms with Crippen LogP contribution in [0.25, 0.3) is 0 Å². The lowest BCUT2D eigenvalue weighted by atomic mass is 10.2. The van der Waals surface area contributed by atoms with Gasteiger partial charge in [-0.1, -0.05) is 0 Å². The second-order valence-electron chi connectivity index (χ2n) is 5.04. The van der Waals surface area contributed by atoms with Crippen molar-refractivity contribution < 1.29 is 4.74 Å². The quantitative estimate of drug-likeness (QED) is 0.609. The number of nitrogens with zero attached hydrogens (tertiary/aromatic N) is 4. The average Bonchev–Trinajstić information content (AvgIpc) is 2.98. The average molecular weight is 343 g/mol. The van der Waals surface area contributed by atoms with E-state index in [0.29, 0.717) is 11.9 Å². The highest BCUT2D eigenvalue weighted by Crippen LogP contribution is 2.31. The maximum Gasteiger partial charge on any atom is 0.159 e. The van der Waals surface area contributed by atoms with E-state index in [2.05, 4.69) is 41.1 Å². The minimum atomic E-state index is 0.579. The number of morpholine rings is 1. The van der Waals surface area contributed by atoms with E-state index in [9.17, 15) is 0 Å². The van der Waals surface area contributed by atoms with E-state index in [1.807, 2.05) is 0 Å². The van der Waals surface area contributed by atoms with Crippen LogP contribution in [0.2, 0.25) is 0 Å². The molecule has 110 valence electrons. The number of anilines is 2. The molecular weight excluding hydrogens is 324 g/mol. The lowest BCUT2D eigenvalue weighted by Crippen LogP contribution is -2.44. The lowest BCUT2D eigenvalue weighted by molar-refractivity contribution is 0.0209. The van der Waals surface area contributed by atoms with Gasteiger partial charge in [0.2, 0.25) is 0 Å². The number of aromatic nitrogens is 2. The van der Waals surface area contributed by atoms with Crippen molar-refractivity contribution >= 4 is 27.6 Å². The Kier molecular flexibility index (Phi) is 4.35. The summed E-state index contributed by atoms with van der Waals surface area (Å²) in [6, 6.07) is 0.579. The van der Waals surface area contributed by atoms with Crippen LogP contribution in [0.1, 0.15) is 6.42 Å². The zero-order valence-corrected chi connectivity index (χ0v) is 12.8. The molecule has 2 aliphatic rings. The molecule has 2 aliphatic heterocycles. The number of hydrazine groups is 1. The molecule has 1 aromatic rings. The lowest BCUT2D eigenvalue weighted by Gasteiger charge is -2.32. The van der Waals surface area contributed by atoms with Gasteiger partial charge in [-0.25, -0.2) is 15.8 Å². The van der Waals surface area contributed by atoms with E-state index >= 15 is 0 Å². The van der Waals surface area contributed by atoms with Crippen LogP contribution in [0, 0.1) is 0 Å². The molecule has 0 radical (unpaired) electrons. The van der Waals surface area contributed by atoms with Gasteiger partial charge in [-0.3, -0.25) is 4.90 Å². The Balaban J connectivity index is 1.70. The first-order chi connectivity index (χ1) is 9.79. The van der Waals surface area contributed by atoms with Gasteiger partial charge in [-0.2, -0.15) is 0 Å². The Bertz CT molecular complexity index is 467. The fourth-order valence-electron chi connectivity index (χ4n) is 2.86. The van der Waals surface area contributed by atoms with Crippen LogP contribution in [0.5, 0.6) is 0 Å². The van der Waals surface area contributed by atoms with E-state index in [1.165, 1.54) is 6.33 Å². The molecule has 3 heterocycles. The number of nitrogens with one attached hydrogen (secondary N) is 1. The Labute approximate surface area is 126 Å². The van der Waals surface area contributed by atoms with Gasteiger partial charge in [0, 0.05) is 32.2 Å². The molecule has 0 bridgehead atoms. The van der Waals surface area contributed by atoms with Gasteiger partial charge in [0.15, 0.2) is 5.82 Å². The minimum absolute atomic E-state index is 0.579. The second-order valence-corrected chi connectivity index (χ2v) is 5.83. The smallest absolute Gasteiger partial charge is 0.159 e. The molecule has 20 heavy (non-hydrogen) atoms. The normalized spacial score (nSPS) is 24.1. The Morgan fingerprint density at radius 1 is 1.30 bits per heavy atom. The maximum atomic E-state index is 5.45. The van der Waals surface area contributed by atoms with Gasteiger partial charge in [0.05, 0.1) is 13.2 Å². The summed E-state index contributed by atoms with van der Waals surface area (Å²) in [5.41, 5.74) is 2.58. The molecule has 2 fully saturated rings. The SMILES string of the molecule is NNc1ncnc(N2CCC(N3CCOCC3)C2)c1Br. The maximum absolute atomic E-state index is 5.45. The molecule has 3 N–H and O–H groups in total. The Morgan fingerprint density at radius 3 is 2.85 bits per heavy atom. The molecule has 3 rings (SSSR count). The topological polar surface area (TPSA) is 79.5 Å². The van der Waals surface area contributed by atoms with E-state index in [4.69, 9.17) is 10.6 Å². The fourth-order valence-corrected chi connectivity index (χ4v) is 3.43. The summed E-state index contributed by atoms with van der Waals surface area (Å²) in [5, 5.41) is 0. The van der Waals surface area contributed by atoms with E-state index in [1.54, 1.807) is 0 Å². The highest BCUT2D eigenvalue weighted by atomic mass is 79.9. The zero-order valence-electron chi connectivity index (χ0n) is 11.3. The molecule has 7 nitrogen and oxygen atoms in total. The first-order valence-electron chi connectivity index (χ1n) is 6.83. The van der Waals surface area contributed by atoms with Gasteiger partial charge in [-0.15, -0.1) is 0 Å². The molecule has 0 aromatic carbocycles. The van der Waals surface area contributed by atoms with E-state index in [-0.39, 0.29) is 0 Å². The van der Waals surface area contributed by atoms with Crippen molar-refractivity contribution in [3.8, 4) is 0 Å². The molecular formula is C12H19BrN6O. The van der Waals surface area contributed by atoms with Crippen LogP contribution in [0.15, 0.2) is 10.8 Å². The summed E-state index contributed by atoms with van der Waals surface area (Å²) in [4.78, 5) is 13.3. The summed E-state index contributed by atoms with van der Waals surface area (Å²) in [7, 11) is 0. The third-order valence-electron chi connectivity index (χ3n) is 3.93. The number of hydrogen-bond acceptors (Lipinski definition) is 7. The molecule has 1 atom stereocenters. The molecule has 8 heteroatoms. The molecule has 1 unspecified atom stereocenters. The first-order valence-corrected chi connectivity index (χ1v) is 7.62. The number of halogens is 1. The van der Waals surface area contributed by atoms with Crippen molar-refractivity contribution in [3.63, 3.8) is 0 Å². The number of hydrogen-bond donors (Lipinski definition) is 2. The molecule has 1 aromatic heterocycles. The standard InChI is InChI=1S/C12H19BrN6O/c13-10-11(17-14)15-8-16-12(10)19-2-1-9(7-19)18-3-5-20-6-4-18/h8-9H,1-7,14H2,(H,15,16,17). The van der Waals surface area contributed by atoms with Crippen LogP contribution in [0.4, 0.5) is 11.6 Å². The van der Waals surface area contributed by atoms with Gasteiger partial charge in [-0.05, 0) is 22.4 Å². The number of nitrogen functional groups attached to an aromatic ring is 1. The van der Waals surface area contributed by atoms with Crippen molar-refractivity contribution in [1.82, 2.24) is 14.9 Å².